The van der Waals surface area contributed by atoms with Crippen molar-refractivity contribution in [2.75, 3.05) is 0 Å². The lowest BCUT2D eigenvalue weighted by Gasteiger charge is -2.07. The van der Waals surface area contributed by atoms with Gasteiger partial charge in [-0.1, -0.05) is 11.6 Å². The summed E-state index contributed by atoms with van der Waals surface area (Å²) in [7, 11) is 0. The molecule has 0 atom stereocenters. The molecule has 0 spiro atoms. The van der Waals surface area contributed by atoms with Crippen LogP contribution in [0.25, 0.3) is 0 Å². The van der Waals surface area contributed by atoms with Crippen LogP contribution in [0.5, 0.6) is 11.6 Å². The maximum atomic E-state index is 11.4. The summed E-state index contributed by atoms with van der Waals surface area (Å²) in [5.74, 6) is 0.530. The minimum absolute atomic E-state index is 0.186. The maximum absolute atomic E-state index is 11.4. The average Bonchev–Trinajstić information content (AvgIpc) is 2.37. The first kappa shape index (κ1) is 12.1. The van der Waals surface area contributed by atoms with Crippen molar-refractivity contribution in [3.8, 4) is 17.7 Å². The van der Waals surface area contributed by atoms with Crippen LogP contribution in [0.3, 0.4) is 0 Å². The molecule has 0 aliphatic heterocycles. The van der Waals surface area contributed by atoms with E-state index in [-0.39, 0.29) is 16.5 Å². The number of rotatable bonds is 2. The molecular formula is C12H8ClN3O2. The van der Waals surface area contributed by atoms with Gasteiger partial charge in [0.1, 0.15) is 5.75 Å². The van der Waals surface area contributed by atoms with Crippen molar-refractivity contribution in [1.82, 2.24) is 9.97 Å². The van der Waals surface area contributed by atoms with Crippen molar-refractivity contribution in [1.29, 1.82) is 5.26 Å². The Labute approximate surface area is 108 Å². The van der Waals surface area contributed by atoms with Gasteiger partial charge in [0.2, 0.25) is 5.88 Å². The lowest BCUT2D eigenvalue weighted by Crippen LogP contribution is -2.11. The van der Waals surface area contributed by atoms with Crippen LogP contribution < -0.4 is 10.3 Å². The molecule has 0 aliphatic rings. The monoisotopic (exact) mass is 261 g/mol. The second-order valence-corrected chi connectivity index (χ2v) is 3.93. The third-order valence-electron chi connectivity index (χ3n) is 2.31. The SMILES string of the molecule is Cc1c(Oc2ccc(C#N)cc2Cl)nc[nH]c1=O. The fourth-order valence-corrected chi connectivity index (χ4v) is 1.53. The highest BCUT2D eigenvalue weighted by Gasteiger charge is 2.09. The zero-order valence-electron chi connectivity index (χ0n) is 9.40. The van der Waals surface area contributed by atoms with E-state index in [9.17, 15) is 4.79 Å². The van der Waals surface area contributed by atoms with Crippen molar-refractivity contribution in [3.05, 3.63) is 51.0 Å². The third-order valence-corrected chi connectivity index (χ3v) is 2.60. The quantitative estimate of drug-likeness (QED) is 0.900. The number of nitriles is 1. The molecule has 0 amide bonds. The predicted molar refractivity (Wildman–Crippen MR) is 65.8 cm³/mol. The van der Waals surface area contributed by atoms with E-state index < -0.39 is 0 Å². The average molecular weight is 262 g/mol. The number of nitrogens with one attached hydrogen (secondary N) is 1. The molecule has 0 saturated carbocycles. The van der Waals surface area contributed by atoms with E-state index in [1.807, 2.05) is 6.07 Å². The van der Waals surface area contributed by atoms with E-state index >= 15 is 0 Å². The van der Waals surface area contributed by atoms with E-state index in [4.69, 9.17) is 21.6 Å². The molecule has 0 saturated heterocycles. The minimum atomic E-state index is -0.273. The smallest absolute Gasteiger partial charge is 0.257 e. The Morgan fingerprint density at radius 2 is 2.28 bits per heavy atom. The molecule has 2 rings (SSSR count). The van der Waals surface area contributed by atoms with Gasteiger partial charge in [0, 0.05) is 0 Å². The lowest BCUT2D eigenvalue weighted by atomic mass is 10.2. The van der Waals surface area contributed by atoms with Gasteiger partial charge in [0.25, 0.3) is 5.56 Å². The number of benzene rings is 1. The van der Waals surface area contributed by atoms with E-state index in [1.54, 1.807) is 19.1 Å². The summed E-state index contributed by atoms with van der Waals surface area (Å²) < 4.78 is 5.45. The Balaban J connectivity index is 2.38. The summed E-state index contributed by atoms with van der Waals surface area (Å²) in [6.07, 6.45) is 1.25. The molecule has 0 radical (unpaired) electrons. The molecule has 2 aromatic rings. The minimum Gasteiger partial charge on any atom is -0.437 e. The number of hydrogen-bond acceptors (Lipinski definition) is 4. The molecule has 0 unspecified atom stereocenters. The Bertz CT molecular complexity index is 688. The van der Waals surface area contributed by atoms with Crippen LogP contribution >= 0.6 is 11.6 Å². The number of H-pyrrole nitrogens is 1. The van der Waals surface area contributed by atoms with Crippen LogP contribution in [0, 0.1) is 18.3 Å². The van der Waals surface area contributed by atoms with Crippen LogP contribution in [0.15, 0.2) is 29.3 Å². The van der Waals surface area contributed by atoms with Crippen molar-refractivity contribution < 1.29 is 4.74 Å². The summed E-state index contributed by atoms with van der Waals surface area (Å²) in [5, 5.41) is 9.00. The topological polar surface area (TPSA) is 78.8 Å². The first-order valence-electron chi connectivity index (χ1n) is 5.03. The maximum Gasteiger partial charge on any atom is 0.257 e. The molecule has 1 heterocycles. The third kappa shape index (κ3) is 2.34. The molecule has 18 heavy (non-hydrogen) atoms. The number of aromatic amines is 1. The van der Waals surface area contributed by atoms with Crippen LogP contribution in [0.2, 0.25) is 5.02 Å². The molecule has 0 bridgehead atoms. The molecule has 1 aromatic heterocycles. The molecule has 0 aliphatic carbocycles. The second kappa shape index (κ2) is 4.90. The van der Waals surface area contributed by atoms with Crippen molar-refractivity contribution in [2.24, 2.45) is 0 Å². The summed E-state index contributed by atoms with van der Waals surface area (Å²) in [5.41, 5.74) is 0.519. The molecule has 0 fully saturated rings. The van der Waals surface area contributed by atoms with Crippen molar-refractivity contribution in [3.63, 3.8) is 0 Å². The second-order valence-electron chi connectivity index (χ2n) is 3.52. The molecule has 1 N–H and O–H groups in total. The van der Waals surface area contributed by atoms with Gasteiger partial charge in [-0.15, -0.1) is 0 Å². The first-order chi connectivity index (χ1) is 8.61. The molecular weight excluding hydrogens is 254 g/mol. The Hall–Kier alpha value is -2.32. The van der Waals surface area contributed by atoms with Gasteiger partial charge in [-0.3, -0.25) is 4.79 Å². The molecule has 5 nitrogen and oxygen atoms in total. The van der Waals surface area contributed by atoms with Gasteiger partial charge >= 0.3 is 0 Å². The normalized spacial score (nSPS) is 9.83. The summed E-state index contributed by atoms with van der Waals surface area (Å²) in [6, 6.07) is 6.59. The van der Waals surface area contributed by atoms with E-state index in [0.717, 1.165) is 0 Å². The largest absolute Gasteiger partial charge is 0.437 e. The zero-order valence-corrected chi connectivity index (χ0v) is 10.2. The van der Waals surface area contributed by atoms with Gasteiger partial charge < -0.3 is 9.72 Å². The fourth-order valence-electron chi connectivity index (χ4n) is 1.31. The Morgan fingerprint density at radius 1 is 1.50 bits per heavy atom. The predicted octanol–water partition coefficient (Wildman–Crippen LogP) is 2.40. The standard InChI is InChI=1S/C12H8ClN3O2/c1-7-11(17)15-6-16-12(7)18-10-3-2-8(5-14)4-9(10)13/h2-4,6H,1H3,(H,15,16,17). The van der Waals surface area contributed by atoms with Crippen molar-refractivity contribution in [2.45, 2.75) is 6.92 Å². The first-order valence-corrected chi connectivity index (χ1v) is 5.41. The van der Waals surface area contributed by atoms with Crippen LogP contribution in [-0.2, 0) is 0 Å². The van der Waals surface area contributed by atoms with Crippen LogP contribution in [-0.4, -0.2) is 9.97 Å². The van der Waals surface area contributed by atoms with Crippen LogP contribution in [0.1, 0.15) is 11.1 Å². The van der Waals surface area contributed by atoms with E-state index in [2.05, 4.69) is 9.97 Å². The summed E-state index contributed by atoms with van der Waals surface area (Å²) in [4.78, 5) is 17.7. The van der Waals surface area contributed by atoms with Gasteiger partial charge in [-0.05, 0) is 25.1 Å². The fraction of sp³-hybridized carbons (Fsp3) is 0.0833. The number of hydrogen-bond donors (Lipinski definition) is 1. The lowest BCUT2D eigenvalue weighted by molar-refractivity contribution is 0.456. The van der Waals surface area contributed by atoms with Gasteiger partial charge in [0.15, 0.2) is 0 Å². The van der Waals surface area contributed by atoms with Crippen LogP contribution in [0.4, 0.5) is 0 Å². The van der Waals surface area contributed by atoms with Gasteiger partial charge in [-0.25, -0.2) is 4.98 Å². The zero-order chi connectivity index (χ0) is 13.1. The van der Waals surface area contributed by atoms with E-state index in [0.29, 0.717) is 16.9 Å². The van der Waals surface area contributed by atoms with Gasteiger partial charge in [-0.2, -0.15) is 5.26 Å². The highest BCUT2D eigenvalue weighted by Crippen LogP contribution is 2.29. The van der Waals surface area contributed by atoms with Gasteiger partial charge in [0.05, 0.1) is 28.5 Å². The summed E-state index contributed by atoms with van der Waals surface area (Å²) in [6.45, 7) is 1.60. The number of nitrogens with zero attached hydrogens (tertiary/aromatic N) is 2. The Kier molecular flexibility index (Phi) is 3.31. The molecule has 90 valence electrons. The van der Waals surface area contributed by atoms with E-state index in [1.165, 1.54) is 12.4 Å². The highest BCUT2D eigenvalue weighted by atomic mass is 35.5. The molecule has 6 heteroatoms. The summed E-state index contributed by atoms with van der Waals surface area (Å²) >= 11 is 5.96. The van der Waals surface area contributed by atoms with Crippen molar-refractivity contribution >= 4 is 11.6 Å². The molecule has 1 aromatic carbocycles. The number of ether oxygens (including phenoxy) is 1. The number of aromatic nitrogens is 2. The highest BCUT2D eigenvalue weighted by molar-refractivity contribution is 6.32. The number of halogens is 1. The Morgan fingerprint density at radius 3 is 2.94 bits per heavy atom.